The minimum Gasteiger partial charge on any atom is -0.490 e. The van der Waals surface area contributed by atoms with E-state index in [4.69, 9.17) is 18.9 Å². The van der Waals surface area contributed by atoms with Crippen molar-refractivity contribution >= 4 is 18.0 Å². The van der Waals surface area contributed by atoms with E-state index in [-0.39, 0.29) is 13.3 Å². The monoisotopic (exact) mass is 427 g/mol. The van der Waals surface area contributed by atoms with E-state index in [0.29, 0.717) is 41.8 Å². The van der Waals surface area contributed by atoms with Crippen molar-refractivity contribution in [3.63, 3.8) is 0 Å². The van der Waals surface area contributed by atoms with Crippen LogP contribution < -0.4 is 29.7 Å². The number of rotatable bonds is 10. The summed E-state index contributed by atoms with van der Waals surface area (Å²) in [6.45, 7) is 4.93. The van der Waals surface area contributed by atoms with E-state index < -0.39 is 11.8 Å². The number of hydrogen-bond acceptors (Lipinski definition) is 7. The Hall–Kier alpha value is -3.75. The van der Waals surface area contributed by atoms with Crippen LogP contribution in [0.2, 0.25) is 0 Å². The number of carbonyl (C=O) groups excluding carboxylic acids is 2. The molecule has 1 heterocycles. The molecule has 0 atom stereocenters. The van der Waals surface area contributed by atoms with Crippen LogP contribution in [0, 0.1) is 0 Å². The van der Waals surface area contributed by atoms with E-state index in [1.54, 1.807) is 30.3 Å². The summed E-state index contributed by atoms with van der Waals surface area (Å²) in [5.74, 6) is 1.50. The quantitative estimate of drug-likeness (QED) is 0.446. The Morgan fingerprint density at radius 2 is 1.90 bits per heavy atom. The lowest BCUT2D eigenvalue weighted by Gasteiger charge is -2.11. The van der Waals surface area contributed by atoms with Gasteiger partial charge in [-0.1, -0.05) is 6.92 Å². The van der Waals surface area contributed by atoms with Crippen molar-refractivity contribution in [2.24, 2.45) is 5.10 Å². The first-order chi connectivity index (χ1) is 15.1. The highest BCUT2D eigenvalue weighted by Gasteiger charge is 2.16. The Balaban J connectivity index is 1.49. The zero-order valence-electron chi connectivity index (χ0n) is 17.5. The third-order valence-corrected chi connectivity index (χ3v) is 4.18. The third-order valence-electron chi connectivity index (χ3n) is 4.18. The first-order valence-corrected chi connectivity index (χ1v) is 10.00. The van der Waals surface area contributed by atoms with Crippen LogP contribution >= 0.6 is 0 Å². The maximum atomic E-state index is 12.2. The highest BCUT2D eigenvalue weighted by atomic mass is 16.7. The van der Waals surface area contributed by atoms with Crippen molar-refractivity contribution in [2.45, 2.75) is 20.3 Å². The second-order valence-electron chi connectivity index (χ2n) is 6.53. The van der Waals surface area contributed by atoms with Gasteiger partial charge in [-0.25, -0.2) is 5.43 Å². The van der Waals surface area contributed by atoms with E-state index >= 15 is 0 Å². The van der Waals surface area contributed by atoms with Crippen molar-refractivity contribution in [2.75, 3.05) is 26.6 Å². The van der Waals surface area contributed by atoms with Crippen LogP contribution in [0.5, 0.6) is 23.0 Å². The molecule has 0 saturated heterocycles. The molecule has 31 heavy (non-hydrogen) atoms. The van der Waals surface area contributed by atoms with Crippen molar-refractivity contribution in [3.8, 4) is 23.0 Å². The molecule has 0 fully saturated rings. The Bertz CT molecular complexity index is 960. The van der Waals surface area contributed by atoms with Gasteiger partial charge >= 0.3 is 0 Å². The van der Waals surface area contributed by atoms with E-state index in [1.807, 2.05) is 19.9 Å². The second kappa shape index (κ2) is 10.9. The van der Waals surface area contributed by atoms with Gasteiger partial charge in [0.25, 0.3) is 11.8 Å². The molecule has 2 aromatic carbocycles. The summed E-state index contributed by atoms with van der Waals surface area (Å²) in [6, 6.07) is 10.2. The van der Waals surface area contributed by atoms with Gasteiger partial charge in [-0.05, 0) is 55.3 Å². The van der Waals surface area contributed by atoms with Crippen molar-refractivity contribution in [1.29, 1.82) is 0 Å². The zero-order chi connectivity index (χ0) is 22.1. The fraction of sp³-hybridized carbons (Fsp3) is 0.318. The molecule has 9 nitrogen and oxygen atoms in total. The van der Waals surface area contributed by atoms with Crippen LogP contribution in [0.25, 0.3) is 0 Å². The van der Waals surface area contributed by atoms with E-state index in [1.165, 1.54) is 6.21 Å². The number of carbonyl (C=O) groups is 2. The summed E-state index contributed by atoms with van der Waals surface area (Å²) in [5.41, 5.74) is 3.48. The lowest BCUT2D eigenvalue weighted by Crippen LogP contribution is -2.34. The van der Waals surface area contributed by atoms with Crippen LogP contribution in [0.1, 0.15) is 36.2 Å². The first-order valence-electron chi connectivity index (χ1n) is 10.00. The van der Waals surface area contributed by atoms with Crippen LogP contribution in [0.4, 0.5) is 0 Å². The molecule has 164 valence electrons. The minimum atomic E-state index is -0.460. The summed E-state index contributed by atoms with van der Waals surface area (Å²) in [4.78, 5) is 24.2. The molecule has 3 rings (SSSR count). The minimum absolute atomic E-state index is 0.126. The fourth-order valence-electron chi connectivity index (χ4n) is 2.72. The van der Waals surface area contributed by atoms with E-state index in [9.17, 15) is 9.59 Å². The smallest absolute Gasteiger partial charge is 0.259 e. The Morgan fingerprint density at radius 1 is 1.06 bits per heavy atom. The van der Waals surface area contributed by atoms with Gasteiger partial charge in [-0.3, -0.25) is 9.59 Å². The van der Waals surface area contributed by atoms with Crippen LogP contribution in [0.15, 0.2) is 41.5 Å². The Kier molecular flexibility index (Phi) is 7.69. The number of hydrazone groups is 1. The number of amides is 2. The second-order valence-corrected chi connectivity index (χ2v) is 6.53. The van der Waals surface area contributed by atoms with E-state index in [0.717, 1.165) is 12.0 Å². The number of fused-ring (bicyclic) bond motifs is 1. The molecular formula is C22H25N3O6. The van der Waals surface area contributed by atoms with Gasteiger partial charge in [-0.15, -0.1) is 0 Å². The summed E-state index contributed by atoms with van der Waals surface area (Å²) >= 11 is 0. The molecular weight excluding hydrogens is 402 g/mol. The Labute approximate surface area is 180 Å². The standard InChI is InChI=1S/C22H25N3O6/c1-3-9-29-17-7-5-15(10-19(17)28-4-2)12-24-25-21(26)13-23-22(27)16-6-8-18-20(11-16)31-14-30-18/h5-8,10-12H,3-4,9,13-14H2,1-2H3,(H,23,27)(H,25,26)/b24-12-. The number of hydrogen-bond donors (Lipinski definition) is 2. The normalized spacial score (nSPS) is 11.9. The molecule has 9 heteroatoms. The molecule has 0 bridgehead atoms. The average molecular weight is 427 g/mol. The number of ether oxygens (including phenoxy) is 4. The molecule has 0 radical (unpaired) electrons. The number of nitrogens with zero attached hydrogens (tertiary/aromatic N) is 1. The van der Waals surface area contributed by atoms with Crippen LogP contribution in [-0.2, 0) is 4.79 Å². The summed E-state index contributed by atoms with van der Waals surface area (Å²) < 4.78 is 21.7. The maximum Gasteiger partial charge on any atom is 0.259 e. The number of nitrogens with one attached hydrogen (secondary N) is 2. The van der Waals surface area contributed by atoms with Gasteiger partial charge < -0.3 is 24.3 Å². The topological polar surface area (TPSA) is 107 Å². The first kappa shape index (κ1) is 21.9. The van der Waals surface area contributed by atoms with Gasteiger partial charge in [0.15, 0.2) is 23.0 Å². The molecule has 0 aliphatic carbocycles. The van der Waals surface area contributed by atoms with Crippen LogP contribution in [-0.4, -0.2) is 44.6 Å². The third kappa shape index (κ3) is 6.11. The summed E-state index contributed by atoms with van der Waals surface area (Å²) in [6.07, 6.45) is 2.38. The molecule has 0 aromatic heterocycles. The van der Waals surface area contributed by atoms with Gasteiger partial charge in [-0.2, -0.15) is 5.10 Å². The molecule has 1 aliphatic heterocycles. The summed E-state index contributed by atoms with van der Waals surface area (Å²) in [5, 5.41) is 6.46. The molecule has 2 N–H and O–H groups in total. The van der Waals surface area contributed by atoms with Crippen LogP contribution in [0.3, 0.4) is 0 Å². The van der Waals surface area contributed by atoms with Crippen molar-refractivity contribution in [3.05, 3.63) is 47.5 Å². The highest BCUT2D eigenvalue weighted by Crippen LogP contribution is 2.32. The van der Waals surface area contributed by atoms with E-state index in [2.05, 4.69) is 15.8 Å². The predicted octanol–water partition coefficient (Wildman–Crippen LogP) is 2.48. The predicted molar refractivity (Wildman–Crippen MR) is 114 cm³/mol. The Morgan fingerprint density at radius 3 is 2.71 bits per heavy atom. The van der Waals surface area contributed by atoms with Gasteiger partial charge in [0.05, 0.1) is 26.0 Å². The largest absolute Gasteiger partial charge is 0.490 e. The highest BCUT2D eigenvalue weighted by molar-refractivity contribution is 5.97. The molecule has 2 aromatic rings. The summed E-state index contributed by atoms with van der Waals surface area (Å²) in [7, 11) is 0. The van der Waals surface area contributed by atoms with Crippen molar-refractivity contribution < 1.29 is 28.5 Å². The number of benzene rings is 2. The molecule has 0 unspecified atom stereocenters. The average Bonchev–Trinajstić information content (AvgIpc) is 3.25. The van der Waals surface area contributed by atoms with Gasteiger partial charge in [0.2, 0.25) is 6.79 Å². The van der Waals surface area contributed by atoms with Gasteiger partial charge in [0, 0.05) is 5.56 Å². The SMILES string of the molecule is CCCOc1ccc(/C=N\NC(=O)CNC(=O)c2ccc3c(c2)OCO3)cc1OCC. The molecule has 0 spiro atoms. The lowest BCUT2D eigenvalue weighted by atomic mass is 10.2. The molecule has 0 saturated carbocycles. The lowest BCUT2D eigenvalue weighted by molar-refractivity contribution is -0.120. The molecule has 2 amide bonds. The molecule has 1 aliphatic rings. The van der Waals surface area contributed by atoms with Gasteiger partial charge in [0.1, 0.15) is 0 Å². The maximum absolute atomic E-state index is 12.2. The fourth-order valence-corrected chi connectivity index (χ4v) is 2.72. The zero-order valence-corrected chi connectivity index (χ0v) is 17.5. The van der Waals surface area contributed by atoms with Crippen molar-refractivity contribution in [1.82, 2.24) is 10.7 Å².